The molecule has 0 aliphatic heterocycles. The fourth-order valence-electron chi connectivity index (χ4n) is 1.23. The molecule has 0 atom stereocenters. The predicted octanol–water partition coefficient (Wildman–Crippen LogP) is 5.04. The van der Waals surface area contributed by atoms with Crippen LogP contribution in [0.5, 0.6) is 0 Å². The quantitative estimate of drug-likeness (QED) is 0.682. The molecule has 0 unspecified atom stereocenters. The number of pyridine rings is 1. The van der Waals surface area contributed by atoms with Gasteiger partial charge < -0.3 is 0 Å². The van der Waals surface area contributed by atoms with Crippen molar-refractivity contribution in [1.82, 2.24) is 4.98 Å². The highest BCUT2D eigenvalue weighted by Gasteiger charge is 1.97. The van der Waals surface area contributed by atoms with E-state index in [1.807, 2.05) is 46.9 Å². The van der Waals surface area contributed by atoms with Gasteiger partial charge in [0.15, 0.2) is 0 Å². The van der Waals surface area contributed by atoms with Crippen LogP contribution in [0.15, 0.2) is 18.3 Å². The highest BCUT2D eigenvalue weighted by atomic mass is 14.7. The lowest BCUT2D eigenvalue weighted by molar-refractivity contribution is 1.07. The standard InChI is InChI=1S/C11H15N.2C2H6/c1-4-6-11-10(5-2)7-9(3)8-12-11;2*1-2/h4,6-8H,5H2,1-3H3;2*1-2H3/b6-4-;;. The van der Waals surface area contributed by atoms with E-state index in [1.165, 1.54) is 11.1 Å². The van der Waals surface area contributed by atoms with E-state index >= 15 is 0 Å². The van der Waals surface area contributed by atoms with Crippen molar-refractivity contribution in [2.24, 2.45) is 0 Å². The monoisotopic (exact) mass is 221 g/mol. The molecule has 0 N–H and O–H groups in total. The molecule has 0 aromatic carbocycles. The molecule has 0 radical (unpaired) electrons. The Bertz CT molecular complexity index is 287. The second-order valence-corrected chi connectivity index (χ2v) is 2.91. The van der Waals surface area contributed by atoms with Gasteiger partial charge in [-0.1, -0.05) is 46.8 Å². The first-order valence-electron chi connectivity index (χ1n) is 6.36. The summed E-state index contributed by atoms with van der Waals surface area (Å²) in [6, 6.07) is 2.20. The minimum atomic E-state index is 1.05. The van der Waals surface area contributed by atoms with E-state index in [-0.39, 0.29) is 0 Å². The molecule has 92 valence electrons. The number of nitrogens with zero attached hydrogens (tertiary/aromatic N) is 1. The molecule has 0 aliphatic carbocycles. The van der Waals surface area contributed by atoms with E-state index in [9.17, 15) is 0 Å². The maximum atomic E-state index is 4.35. The molecule has 1 rings (SSSR count). The Morgan fingerprint density at radius 1 is 1.19 bits per heavy atom. The third-order valence-electron chi connectivity index (χ3n) is 1.84. The maximum Gasteiger partial charge on any atom is 0.0658 e. The van der Waals surface area contributed by atoms with Crippen LogP contribution >= 0.6 is 0 Å². The lowest BCUT2D eigenvalue weighted by Gasteiger charge is -2.02. The average Bonchev–Trinajstić information content (AvgIpc) is 2.36. The second-order valence-electron chi connectivity index (χ2n) is 2.91. The van der Waals surface area contributed by atoms with Gasteiger partial charge in [-0.3, -0.25) is 4.98 Å². The number of aryl methyl sites for hydroxylation is 2. The van der Waals surface area contributed by atoms with Crippen LogP contribution in [-0.4, -0.2) is 4.98 Å². The van der Waals surface area contributed by atoms with Crippen molar-refractivity contribution < 1.29 is 0 Å². The van der Waals surface area contributed by atoms with Crippen LogP contribution in [-0.2, 0) is 6.42 Å². The van der Waals surface area contributed by atoms with Gasteiger partial charge in [0.2, 0.25) is 0 Å². The number of allylic oxidation sites excluding steroid dienone is 1. The van der Waals surface area contributed by atoms with E-state index < -0.39 is 0 Å². The van der Waals surface area contributed by atoms with Crippen molar-refractivity contribution in [3.05, 3.63) is 35.2 Å². The molecule has 0 bridgehead atoms. The van der Waals surface area contributed by atoms with Crippen molar-refractivity contribution in [2.75, 3.05) is 0 Å². The summed E-state index contributed by atoms with van der Waals surface area (Å²) >= 11 is 0. The van der Waals surface area contributed by atoms with Crippen molar-refractivity contribution in [3.63, 3.8) is 0 Å². The smallest absolute Gasteiger partial charge is 0.0658 e. The molecular formula is C15H27N. The number of hydrogen-bond donors (Lipinski definition) is 0. The second kappa shape index (κ2) is 12.0. The van der Waals surface area contributed by atoms with Crippen LogP contribution in [0.3, 0.4) is 0 Å². The zero-order valence-corrected chi connectivity index (χ0v) is 12.0. The van der Waals surface area contributed by atoms with Crippen molar-refractivity contribution in [1.29, 1.82) is 0 Å². The predicted molar refractivity (Wildman–Crippen MR) is 75.8 cm³/mol. The zero-order chi connectivity index (χ0) is 13.0. The Balaban J connectivity index is 0. The van der Waals surface area contributed by atoms with Crippen LogP contribution in [0.25, 0.3) is 6.08 Å². The first-order valence-corrected chi connectivity index (χ1v) is 6.36. The fraction of sp³-hybridized carbons (Fsp3) is 0.533. The molecular weight excluding hydrogens is 194 g/mol. The molecule has 0 saturated heterocycles. The maximum absolute atomic E-state index is 4.35. The third kappa shape index (κ3) is 6.39. The van der Waals surface area contributed by atoms with Gasteiger partial charge in [-0.2, -0.15) is 0 Å². The van der Waals surface area contributed by atoms with E-state index in [1.54, 1.807) is 0 Å². The molecule has 0 saturated carbocycles. The summed E-state index contributed by atoms with van der Waals surface area (Å²) in [7, 11) is 0. The Morgan fingerprint density at radius 3 is 2.19 bits per heavy atom. The average molecular weight is 221 g/mol. The van der Waals surface area contributed by atoms with Gasteiger partial charge in [0, 0.05) is 6.20 Å². The first kappa shape index (κ1) is 17.3. The van der Waals surface area contributed by atoms with Crippen molar-refractivity contribution in [2.45, 2.75) is 54.9 Å². The van der Waals surface area contributed by atoms with Crippen LogP contribution < -0.4 is 0 Å². The summed E-state index contributed by atoms with van der Waals surface area (Å²) in [6.45, 7) is 14.2. The number of aromatic nitrogens is 1. The molecule has 1 heteroatoms. The van der Waals surface area contributed by atoms with E-state index in [0.29, 0.717) is 0 Å². The van der Waals surface area contributed by atoms with Crippen molar-refractivity contribution in [3.8, 4) is 0 Å². The Labute approximate surface area is 102 Å². The van der Waals surface area contributed by atoms with Crippen LogP contribution in [0.2, 0.25) is 0 Å². The van der Waals surface area contributed by atoms with Gasteiger partial charge in [-0.25, -0.2) is 0 Å². The zero-order valence-electron chi connectivity index (χ0n) is 12.0. The summed E-state index contributed by atoms with van der Waals surface area (Å²) in [6.07, 6.45) is 7.04. The fourth-order valence-corrected chi connectivity index (χ4v) is 1.23. The molecule has 0 aliphatic rings. The molecule has 1 aromatic heterocycles. The highest BCUT2D eigenvalue weighted by molar-refractivity contribution is 5.49. The van der Waals surface area contributed by atoms with Gasteiger partial charge in [0.1, 0.15) is 0 Å². The number of hydrogen-bond acceptors (Lipinski definition) is 1. The van der Waals surface area contributed by atoms with Gasteiger partial charge in [0.05, 0.1) is 5.69 Å². The summed E-state index contributed by atoms with van der Waals surface area (Å²) in [4.78, 5) is 4.35. The summed E-state index contributed by atoms with van der Waals surface area (Å²) in [5, 5.41) is 0. The number of rotatable bonds is 2. The van der Waals surface area contributed by atoms with Gasteiger partial charge in [-0.05, 0) is 37.5 Å². The minimum Gasteiger partial charge on any atom is -0.256 e. The van der Waals surface area contributed by atoms with Crippen LogP contribution in [0, 0.1) is 6.92 Å². The van der Waals surface area contributed by atoms with E-state index in [0.717, 1.165) is 12.1 Å². The van der Waals surface area contributed by atoms with Gasteiger partial charge in [-0.15, -0.1) is 0 Å². The normalized spacial score (nSPS) is 8.94. The lowest BCUT2D eigenvalue weighted by Crippen LogP contribution is -1.91. The Kier molecular flexibility index (Phi) is 12.9. The Morgan fingerprint density at radius 2 is 1.75 bits per heavy atom. The van der Waals surface area contributed by atoms with Crippen LogP contribution in [0.4, 0.5) is 0 Å². The lowest BCUT2D eigenvalue weighted by atomic mass is 10.1. The largest absolute Gasteiger partial charge is 0.256 e. The van der Waals surface area contributed by atoms with E-state index in [4.69, 9.17) is 0 Å². The summed E-state index contributed by atoms with van der Waals surface area (Å²) < 4.78 is 0. The first-order chi connectivity index (χ1) is 7.77. The molecule has 16 heavy (non-hydrogen) atoms. The Hall–Kier alpha value is -1.11. The summed E-state index contributed by atoms with van der Waals surface area (Å²) in [5.41, 5.74) is 3.67. The molecule has 0 spiro atoms. The topological polar surface area (TPSA) is 12.9 Å². The highest BCUT2D eigenvalue weighted by Crippen LogP contribution is 2.10. The van der Waals surface area contributed by atoms with Crippen LogP contribution in [0.1, 0.15) is 58.4 Å². The third-order valence-corrected chi connectivity index (χ3v) is 1.84. The minimum absolute atomic E-state index is 1.05. The molecule has 0 fully saturated rings. The molecule has 1 heterocycles. The summed E-state index contributed by atoms with van der Waals surface area (Å²) in [5.74, 6) is 0. The molecule has 0 amide bonds. The van der Waals surface area contributed by atoms with Gasteiger partial charge >= 0.3 is 0 Å². The molecule has 1 nitrogen and oxygen atoms in total. The van der Waals surface area contributed by atoms with E-state index in [2.05, 4.69) is 31.0 Å². The molecule has 1 aromatic rings. The SMILES string of the molecule is C/C=C\c1ncc(C)cc1CC.CC.CC. The van der Waals surface area contributed by atoms with Gasteiger partial charge in [0.25, 0.3) is 0 Å². The van der Waals surface area contributed by atoms with Crippen molar-refractivity contribution >= 4 is 6.08 Å².